The highest BCUT2D eigenvalue weighted by Crippen LogP contribution is 2.33. The topological polar surface area (TPSA) is 14.2 Å². The molecule has 0 amide bonds. The van der Waals surface area contributed by atoms with E-state index < -0.39 is 0 Å². The van der Waals surface area contributed by atoms with Crippen LogP contribution < -0.4 is 4.74 Å². The van der Waals surface area contributed by atoms with Crippen molar-refractivity contribution in [2.45, 2.75) is 0 Å². The second-order valence-electron chi connectivity index (χ2n) is 4.08. The SMILES string of the molecule is COc1cc2c(cc1I)c1ccccc1n2C. The zero-order valence-electron chi connectivity index (χ0n) is 9.70. The van der Waals surface area contributed by atoms with Crippen LogP contribution in [0.3, 0.4) is 0 Å². The van der Waals surface area contributed by atoms with Gasteiger partial charge in [-0.3, -0.25) is 0 Å². The van der Waals surface area contributed by atoms with Crippen molar-refractivity contribution in [2.75, 3.05) is 7.11 Å². The van der Waals surface area contributed by atoms with Gasteiger partial charge in [-0.1, -0.05) is 18.2 Å². The van der Waals surface area contributed by atoms with Crippen LogP contribution in [0.2, 0.25) is 0 Å². The molecular weight excluding hydrogens is 325 g/mol. The Labute approximate surface area is 113 Å². The number of aryl methyl sites for hydroxylation is 1. The number of rotatable bonds is 1. The summed E-state index contributed by atoms with van der Waals surface area (Å²) in [5, 5.41) is 2.58. The highest BCUT2D eigenvalue weighted by atomic mass is 127. The molecule has 0 aliphatic heterocycles. The van der Waals surface area contributed by atoms with E-state index in [1.54, 1.807) is 7.11 Å². The zero-order valence-corrected chi connectivity index (χ0v) is 11.9. The average Bonchev–Trinajstić information content (AvgIpc) is 2.63. The first-order valence-corrected chi connectivity index (χ1v) is 6.51. The van der Waals surface area contributed by atoms with Gasteiger partial charge in [0.2, 0.25) is 0 Å². The van der Waals surface area contributed by atoms with Gasteiger partial charge in [0.1, 0.15) is 5.75 Å². The van der Waals surface area contributed by atoms with Crippen LogP contribution in [0, 0.1) is 3.57 Å². The first-order valence-electron chi connectivity index (χ1n) is 5.43. The molecule has 0 bridgehead atoms. The van der Waals surface area contributed by atoms with Gasteiger partial charge in [0.05, 0.1) is 16.2 Å². The van der Waals surface area contributed by atoms with Crippen LogP contribution in [0.4, 0.5) is 0 Å². The quantitative estimate of drug-likeness (QED) is 0.614. The van der Waals surface area contributed by atoms with Crippen LogP contribution in [-0.2, 0) is 7.05 Å². The fraction of sp³-hybridized carbons (Fsp3) is 0.143. The molecule has 0 unspecified atom stereocenters. The third-order valence-corrected chi connectivity index (χ3v) is 4.03. The number of aromatic nitrogens is 1. The zero-order chi connectivity index (χ0) is 12.0. The lowest BCUT2D eigenvalue weighted by Gasteiger charge is -2.04. The third-order valence-electron chi connectivity index (χ3n) is 3.19. The molecule has 0 N–H and O–H groups in total. The predicted octanol–water partition coefficient (Wildman–Crippen LogP) is 3.94. The minimum Gasteiger partial charge on any atom is -0.496 e. The molecule has 2 nitrogen and oxygen atoms in total. The Bertz CT molecular complexity index is 715. The van der Waals surface area contributed by atoms with Crippen molar-refractivity contribution >= 4 is 44.4 Å². The lowest BCUT2D eigenvalue weighted by atomic mass is 10.1. The van der Waals surface area contributed by atoms with Crippen LogP contribution in [-0.4, -0.2) is 11.7 Å². The summed E-state index contributed by atoms with van der Waals surface area (Å²) in [4.78, 5) is 0. The Morgan fingerprint density at radius 2 is 1.82 bits per heavy atom. The fourth-order valence-electron chi connectivity index (χ4n) is 2.32. The summed E-state index contributed by atoms with van der Waals surface area (Å²) < 4.78 is 8.74. The first-order chi connectivity index (χ1) is 8.22. The van der Waals surface area contributed by atoms with Gasteiger partial charge in [0, 0.05) is 29.4 Å². The largest absolute Gasteiger partial charge is 0.496 e. The maximum absolute atomic E-state index is 5.38. The van der Waals surface area contributed by atoms with Crippen LogP contribution in [0.25, 0.3) is 21.8 Å². The van der Waals surface area contributed by atoms with E-state index in [2.05, 4.69) is 70.6 Å². The average molecular weight is 337 g/mol. The lowest BCUT2D eigenvalue weighted by molar-refractivity contribution is 0.412. The lowest BCUT2D eigenvalue weighted by Crippen LogP contribution is -1.90. The molecule has 0 spiro atoms. The number of para-hydroxylation sites is 1. The molecule has 3 rings (SSSR count). The first kappa shape index (κ1) is 10.9. The van der Waals surface area contributed by atoms with Gasteiger partial charge in [0.15, 0.2) is 0 Å². The van der Waals surface area contributed by atoms with Crippen molar-refractivity contribution < 1.29 is 4.74 Å². The third kappa shape index (κ3) is 1.52. The molecule has 3 aromatic rings. The van der Waals surface area contributed by atoms with E-state index in [9.17, 15) is 0 Å². The van der Waals surface area contributed by atoms with Gasteiger partial charge in [-0.05, 0) is 34.7 Å². The van der Waals surface area contributed by atoms with E-state index in [0.717, 1.165) is 9.32 Å². The number of ether oxygens (including phenoxy) is 1. The summed E-state index contributed by atoms with van der Waals surface area (Å²) in [6.45, 7) is 0. The Kier molecular flexibility index (Phi) is 2.50. The Balaban J connectivity index is 2.53. The molecule has 0 fully saturated rings. The van der Waals surface area contributed by atoms with Crippen molar-refractivity contribution in [3.8, 4) is 5.75 Å². The van der Waals surface area contributed by atoms with Crippen molar-refractivity contribution in [2.24, 2.45) is 7.05 Å². The number of halogens is 1. The van der Waals surface area contributed by atoms with Crippen molar-refractivity contribution in [3.63, 3.8) is 0 Å². The summed E-state index contributed by atoms with van der Waals surface area (Å²) in [6.07, 6.45) is 0. The number of hydrogen-bond donors (Lipinski definition) is 0. The van der Waals surface area contributed by atoms with E-state index in [-0.39, 0.29) is 0 Å². The van der Waals surface area contributed by atoms with Crippen LogP contribution in [0.15, 0.2) is 36.4 Å². The van der Waals surface area contributed by atoms with E-state index in [1.165, 1.54) is 21.8 Å². The second-order valence-corrected chi connectivity index (χ2v) is 5.24. The number of hydrogen-bond acceptors (Lipinski definition) is 1. The van der Waals surface area contributed by atoms with E-state index in [0.29, 0.717) is 0 Å². The molecule has 1 heterocycles. The van der Waals surface area contributed by atoms with Crippen molar-refractivity contribution in [1.82, 2.24) is 4.57 Å². The Morgan fingerprint density at radius 1 is 1.06 bits per heavy atom. The van der Waals surface area contributed by atoms with E-state index in [4.69, 9.17) is 4.74 Å². The van der Waals surface area contributed by atoms with E-state index in [1.807, 2.05) is 0 Å². The molecular formula is C14H12INO. The van der Waals surface area contributed by atoms with E-state index >= 15 is 0 Å². The Morgan fingerprint density at radius 3 is 2.59 bits per heavy atom. The minimum atomic E-state index is 0.934. The fourth-order valence-corrected chi connectivity index (χ4v) is 3.00. The number of fused-ring (bicyclic) bond motifs is 3. The smallest absolute Gasteiger partial charge is 0.134 e. The normalized spacial score (nSPS) is 11.2. The van der Waals surface area contributed by atoms with Gasteiger partial charge in [0.25, 0.3) is 0 Å². The highest BCUT2D eigenvalue weighted by Gasteiger charge is 2.10. The van der Waals surface area contributed by atoms with Gasteiger partial charge in [-0.2, -0.15) is 0 Å². The van der Waals surface area contributed by atoms with Gasteiger partial charge >= 0.3 is 0 Å². The molecule has 0 saturated heterocycles. The molecule has 3 heteroatoms. The van der Waals surface area contributed by atoms with Gasteiger partial charge in [-0.25, -0.2) is 0 Å². The highest BCUT2D eigenvalue weighted by molar-refractivity contribution is 14.1. The maximum atomic E-state index is 5.38. The van der Waals surface area contributed by atoms with Crippen molar-refractivity contribution in [3.05, 3.63) is 40.0 Å². The number of methoxy groups -OCH3 is 1. The summed E-state index contributed by atoms with van der Waals surface area (Å²) in [6, 6.07) is 12.8. The van der Waals surface area contributed by atoms with Crippen molar-refractivity contribution in [1.29, 1.82) is 0 Å². The van der Waals surface area contributed by atoms with Crippen LogP contribution in [0.5, 0.6) is 5.75 Å². The molecule has 0 saturated carbocycles. The van der Waals surface area contributed by atoms with Crippen LogP contribution >= 0.6 is 22.6 Å². The number of benzene rings is 2. The van der Waals surface area contributed by atoms with Gasteiger partial charge in [-0.15, -0.1) is 0 Å². The van der Waals surface area contributed by atoms with Gasteiger partial charge < -0.3 is 9.30 Å². The monoisotopic (exact) mass is 337 g/mol. The maximum Gasteiger partial charge on any atom is 0.134 e. The summed E-state index contributed by atoms with van der Waals surface area (Å²) >= 11 is 2.32. The summed E-state index contributed by atoms with van der Waals surface area (Å²) in [5.74, 6) is 0.934. The molecule has 86 valence electrons. The summed E-state index contributed by atoms with van der Waals surface area (Å²) in [5.41, 5.74) is 2.47. The molecule has 1 aromatic heterocycles. The number of nitrogens with zero attached hydrogens (tertiary/aromatic N) is 1. The van der Waals surface area contributed by atoms with Crippen LogP contribution in [0.1, 0.15) is 0 Å². The molecule has 2 aromatic carbocycles. The molecule has 0 aliphatic carbocycles. The molecule has 17 heavy (non-hydrogen) atoms. The standard InChI is InChI=1S/C14H12INO/c1-16-12-6-4-3-5-9(12)10-7-11(15)14(17-2)8-13(10)16/h3-8H,1-2H3. The minimum absolute atomic E-state index is 0.934. The Hall–Kier alpha value is -1.23. The predicted molar refractivity (Wildman–Crippen MR) is 79.7 cm³/mol. The second kappa shape index (κ2) is 3.91. The molecule has 0 atom stereocenters. The molecule has 0 aliphatic rings. The molecule has 0 radical (unpaired) electrons. The summed E-state index contributed by atoms with van der Waals surface area (Å²) in [7, 11) is 3.81.